The highest BCUT2D eigenvalue weighted by atomic mass is 16.7. The maximum absolute atomic E-state index is 11.8. The van der Waals surface area contributed by atoms with Crippen LogP contribution in [0.3, 0.4) is 0 Å². The molecule has 0 aromatic carbocycles. The minimum Gasteiger partial charge on any atom is -0.356 e. The average molecular weight is 241 g/mol. The summed E-state index contributed by atoms with van der Waals surface area (Å²) in [5.41, 5.74) is 0. The molecular weight excluding hydrogens is 218 g/mol. The van der Waals surface area contributed by atoms with E-state index in [-0.39, 0.29) is 11.8 Å². The molecule has 4 nitrogen and oxygen atoms in total. The van der Waals surface area contributed by atoms with Crippen LogP contribution in [0.2, 0.25) is 0 Å². The van der Waals surface area contributed by atoms with Crippen molar-refractivity contribution in [3.63, 3.8) is 0 Å². The minimum absolute atomic E-state index is 0.210. The lowest BCUT2D eigenvalue weighted by Gasteiger charge is -2.34. The molecule has 0 unspecified atom stereocenters. The van der Waals surface area contributed by atoms with Crippen LogP contribution in [0, 0.1) is 5.92 Å². The molecule has 0 radical (unpaired) electrons. The number of nitrogens with one attached hydrogen (secondary N) is 1. The van der Waals surface area contributed by atoms with Gasteiger partial charge in [-0.25, -0.2) is 0 Å². The van der Waals surface area contributed by atoms with Gasteiger partial charge in [-0.3, -0.25) is 4.79 Å². The number of carbonyl (C=O) groups excluding carboxylic acids is 1. The lowest BCUT2D eigenvalue weighted by molar-refractivity contribution is -0.258. The molecule has 0 aromatic heterocycles. The quantitative estimate of drug-likeness (QED) is 0.817. The highest BCUT2D eigenvalue weighted by Crippen LogP contribution is 2.25. The van der Waals surface area contributed by atoms with Crippen LogP contribution in [0.15, 0.2) is 0 Å². The van der Waals surface area contributed by atoms with Crippen LogP contribution in [-0.4, -0.2) is 31.5 Å². The van der Waals surface area contributed by atoms with Crippen molar-refractivity contribution in [1.82, 2.24) is 5.32 Å². The van der Waals surface area contributed by atoms with E-state index in [1.54, 1.807) is 0 Å². The van der Waals surface area contributed by atoms with Gasteiger partial charge in [0.1, 0.15) is 0 Å². The van der Waals surface area contributed by atoms with Gasteiger partial charge in [0.05, 0.1) is 13.2 Å². The zero-order chi connectivity index (χ0) is 12.1. The fraction of sp³-hybridized carbons (Fsp3) is 0.923. The van der Waals surface area contributed by atoms with E-state index in [0.717, 1.165) is 38.9 Å². The number of amides is 1. The fourth-order valence-electron chi connectivity index (χ4n) is 2.57. The van der Waals surface area contributed by atoms with Crippen LogP contribution in [-0.2, 0) is 14.3 Å². The third kappa shape index (κ3) is 3.68. The summed E-state index contributed by atoms with van der Waals surface area (Å²) in [6.45, 7) is 4.11. The van der Waals surface area contributed by atoms with E-state index in [9.17, 15) is 4.79 Å². The molecule has 0 atom stereocenters. The van der Waals surface area contributed by atoms with Crippen molar-refractivity contribution in [2.24, 2.45) is 5.92 Å². The second-order valence-corrected chi connectivity index (χ2v) is 5.21. The predicted molar refractivity (Wildman–Crippen MR) is 64.5 cm³/mol. The summed E-state index contributed by atoms with van der Waals surface area (Å²) in [4.78, 5) is 11.8. The number of carbonyl (C=O) groups is 1. The third-order valence-corrected chi connectivity index (χ3v) is 3.71. The third-order valence-electron chi connectivity index (χ3n) is 3.71. The first-order chi connectivity index (χ1) is 8.20. The Morgan fingerprint density at radius 3 is 2.53 bits per heavy atom. The maximum atomic E-state index is 11.8. The molecule has 4 heteroatoms. The molecule has 1 aliphatic heterocycles. The molecule has 17 heavy (non-hydrogen) atoms. The van der Waals surface area contributed by atoms with E-state index >= 15 is 0 Å². The molecule has 1 saturated carbocycles. The van der Waals surface area contributed by atoms with E-state index in [1.807, 2.05) is 6.92 Å². The molecule has 1 saturated heterocycles. The summed E-state index contributed by atoms with van der Waals surface area (Å²) in [6.07, 6.45) is 6.19. The average Bonchev–Trinajstić information content (AvgIpc) is 2.83. The summed E-state index contributed by atoms with van der Waals surface area (Å²) in [5, 5.41) is 3.00. The molecular formula is C13H23NO3. The monoisotopic (exact) mass is 241 g/mol. The Bertz CT molecular complexity index is 255. The van der Waals surface area contributed by atoms with Crippen molar-refractivity contribution in [2.45, 2.75) is 51.2 Å². The summed E-state index contributed by atoms with van der Waals surface area (Å²) in [7, 11) is 0. The molecule has 1 N–H and O–H groups in total. The van der Waals surface area contributed by atoms with Gasteiger partial charge < -0.3 is 14.8 Å². The Morgan fingerprint density at radius 2 is 1.88 bits per heavy atom. The van der Waals surface area contributed by atoms with Crippen molar-refractivity contribution < 1.29 is 14.3 Å². The second kappa shape index (κ2) is 5.83. The van der Waals surface area contributed by atoms with Gasteiger partial charge in [-0.15, -0.1) is 0 Å². The number of hydrogen-bond acceptors (Lipinski definition) is 3. The lowest BCUT2D eigenvalue weighted by Crippen LogP contribution is -2.41. The van der Waals surface area contributed by atoms with Crippen LogP contribution < -0.4 is 5.32 Å². The molecule has 1 heterocycles. The van der Waals surface area contributed by atoms with Crippen LogP contribution in [0.5, 0.6) is 0 Å². The number of hydrogen-bond donors (Lipinski definition) is 1. The Kier molecular flexibility index (Phi) is 4.40. The van der Waals surface area contributed by atoms with Crippen molar-refractivity contribution in [2.75, 3.05) is 19.8 Å². The summed E-state index contributed by atoms with van der Waals surface area (Å²) in [6, 6.07) is 0. The van der Waals surface area contributed by atoms with E-state index in [4.69, 9.17) is 9.47 Å². The zero-order valence-corrected chi connectivity index (χ0v) is 10.7. The molecule has 2 rings (SSSR count). The van der Waals surface area contributed by atoms with Crippen LogP contribution >= 0.6 is 0 Å². The molecule has 1 aliphatic carbocycles. The number of ether oxygens (including phenoxy) is 2. The smallest absolute Gasteiger partial charge is 0.223 e. The topological polar surface area (TPSA) is 47.6 Å². The molecule has 2 aliphatic rings. The Balaban J connectivity index is 1.66. The van der Waals surface area contributed by atoms with E-state index < -0.39 is 5.79 Å². The molecule has 0 spiro atoms. The predicted octanol–water partition coefficient (Wildman–Crippen LogP) is 1.84. The fourth-order valence-corrected chi connectivity index (χ4v) is 2.57. The Hall–Kier alpha value is -0.610. The van der Waals surface area contributed by atoms with Gasteiger partial charge in [0.15, 0.2) is 5.79 Å². The zero-order valence-electron chi connectivity index (χ0n) is 10.7. The molecule has 0 bridgehead atoms. The normalized spacial score (nSPS) is 24.8. The summed E-state index contributed by atoms with van der Waals surface area (Å²) in [5.74, 6) is -0.0424. The SMILES string of the molecule is CC1(CCNC(=O)C2CCCC2)OCCCO1. The largest absolute Gasteiger partial charge is 0.356 e. The van der Waals surface area contributed by atoms with Crippen molar-refractivity contribution in [3.8, 4) is 0 Å². The first-order valence-electron chi connectivity index (χ1n) is 6.75. The van der Waals surface area contributed by atoms with E-state index in [0.29, 0.717) is 6.54 Å². The molecule has 98 valence electrons. The van der Waals surface area contributed by atoms with Crippen LogP contribution in [0.1, 0.15) is 45.4 Å². The van der Waals surface area contributed by atoms with Crippen molar-refractivity contribution in [3.05, 3.63) is 0 Å². The second-order valence-electron chi connectivity index (χ2n) is 5.21. The van der Waals surface area contributed by atoms with E-state index in [2.05, 4.69) is 5.32 Å². The standard InChI is InChI=1S/C13H23NO3/c1-13(16-9-4-10-17-13)7-8-14-12(15)11-5-2-3-6-11/h11H,2-10H2,1H3,(H,14,15). The minimum atomic E-state index is -0.499. The van der Waals surface area contributed by atoms with E-state index in [1.165, 1.54) is 12.8 Å². The Morgan fingerprint density at radius 1 is 1.24 bits per heavy atom. The molecule has 1 amide bonds. The molecule has 0 aromatic rings. The van der Waals surface area contributed by atoms with Crippen LogP contribution in [0.25, 0.3) is 0 Å². The van der Waals surface area contributed by atoms with Gasteiger partial charge in [-0.1, -0.05) is 12.8 Å². The summed E-state index contributed by atoms with van der Waals surface area (Å²) < 4.78 is 11.2. The van der Waals surface area contributed by atoms with Crippen LogP contribution in [0.4, 0.5) is 0 Å². The van der Waals surface area contributed by atoms with Gasteiger partial charge in [0, 0.05) is 18.9 Å². The van der Waals surface area contributed by atoms with Gasteiger partial charge in [0.2, 0.25) is 5.91 Å². The van der Waals surface area contributed by atoms with Gasteiger partial charge in [0.25, 0.3) is 0 Å². The van der Waals surface area contributed by atoms with Gasteiger partial charge in [-0.05, 0) is 26.2 Å². The maximum Gasteiger partial charge on any atom is 0.223 e. The van der Waals surface area contributed by atoms with Gasteiger partial charge >= 0.3 is 0 Å². The summed E-state index contributed by atoms with van der Waals surface area (Å²) >= 11 is 0. The Labute approximate surface area is 103 Å². The lowest BCUT2D eigenvalue weighted by atomic mass is 10.1. The highest BCUT2D eigenvalue weighted by Gasteiger charge is 2.29. The van der Waals surface area contributed by atoms with Gasteiger partial charge in [-0.2, -0.15) is 0 Å². The van der Waals surface area contributed by atoms with Crippen molar-refractivity contribution in [1.29, 1.82) is 0 Å². The molecule has 2 fully saturated rings. The van der Waals surface area contributed by atoms with Crippen molar-refractivity contribution >= 4 is 5.91 Å². The first-order valence-corrected chi connectivity index (χ1v) is 6.75. The number of rotatable bonds is 4. The highest BCUT2D eigenvalue weighted by molar-refractivity contribution is 5.78. The first kappa shape index (κ1) is 12.8.